The van der Waals surface area contributed by atoms with Crippen molar-refractivity contribution < 1.29 is 13.7 Å². The largest absolute Gasteiger partial charge is 0.367 e. The Bertz CT molecular complexity index is 684. The first-order valence-electron chi connectivity index (χ1n) is 6.31. The maximum atomic E-state index is 13.6. The molecule has 5 nitrogen and oxygen atoms in total. The predicted molar refractivity (Wildman–Crippen MR) is 66.9 cm³/mol. The van der Waals surface area contributed by atoms with Gasteiger partial charge in [-0.15, -0.1) is 0 Å². The highest BCUT2D eigenvalue weighted by Crippen LogP contribution is 2.35. The van der Waals surface area contributed by atoms with Crippen LogP contribution in [0.3, 0.4) is 0 Å². The van der Waals surface area contributed by atoms with E-state index in [4.69, 9.17) is 14.5 Å². The number of hydrogen-bond acceptors (Lipinski definition) is 5. The van der Waals surface area contributed by atoms with E-state index >= 15 is 0 Å². The van der Waals surface area contributed by atoms with Gasteiger partial charge in [0.15, 0.2) is 0 Å². The maximum Gasteiger partial charge on any atom is 0.259 e. The first-order valence-corrected chi connectivity index (χ1v) is 6.31. The Kier molecular flexibility index (Phi) is 2.99. The van der Waals surface area contributed by atoms with E-state index in [2.05, 4.69) is 10.1 Å². The molecule has 0 bridgehead atoms. The molecule has 1 aromatic carbocycles. The van der Waals surface area contributed by atoms with Crippen molar-refractivity contribution in [3.8, 4) is 17.5 Å². The molecule has 1 atom stereocenters. The fourth-order valence-electron chi connectivity index (χ4n) is 2.32. The highest BCUT2D eigenvalue weighted by atomic mass is 19.1. The smallest absolute Gasteiger partial charge is 0.259 e. The lowest BCUT2D eigenvalue weighted by atomic mass is 10.0. The standard InChI is InChI=1S/C14H12FN3O2/c1-14(6-3-7-19-14)13-17-12(20-18-13)9-4-2-5-11(15)10(9)8-16/h2,4-5H,3,6-7H2,1H3. The Morgan fingerprint density at radius 1 is 1.45 bits per heavy atom. The van der Waals surface area contributed by atoms with Crippen molar-refractivity contribution in [2.75, 3.05) is 6.61 Å². The van der Waals surface area contributed by atoms with E-state index in [-0.39, 0.29) is 11.5 Å². The van der Waals surface area contributed by atoms with Gasteiger partial charge < -0.3 is 9.26 Å². The second kappa shape index (κ2) is 4.69. The van der Waals surface area contributed by atoms with Gasteiger partial charge in [0.25, 0.3) is 5.89 Å². The summed E-state index contributed by atoms with van der Waals surface area (Å²) >= 11 is 0. The first kappa shape index (κ1) is 12.8. The third-order valence-electron chi connectivity index (χ3n) is 3.47. The van der Waals surface area contributed by atoms with Gasteiger partial charge in [0.2, 0.25) is 5.82 Å². The number of hydrogen-bond donors (Lipinski definition) is 0. The van der Waals surface area contributed by atoms with Crippen LogP contribution in [0.25, 0.3) is 11.5 Å². The van der Waals surface area contributed by atoms with Gasteiger partial charge in [-0.05, 0) is 31.9 Å². The molecule has 0 amide bonds. The van der Waals surface area contributed by atoms with E-state index in [1.54, 1.807) is 6.07 Å². The second-order valence-corrected chi connectivity index (χ2v) is 4.88. The molecule has 0 N–H and O–H groups in total. The van der Waals surface area contributed by atoms with Crippen LogP contribution in [0.15, 0.2) is 22.7 Å². The summed E-state index contributed by atoms with van der Waals surface area (Å²) in [6, 6.07) is 6.12. The number of nitriles is 1. The highest BCUT2D eigenvalue weighted by Gasteiger charge is 2.37. The highest BCUT2D eigenvalue weighted by molar-refractivity contribution is 5.63. The molecular formula is C14H12FN3O2. The lowest BCUT2D eigenvalue weighted by Gasteiger charge is -2.17. The van der Waals surface area contributed by atoms with E-state index < -0.39 is 11.4 Å². The quantitative estimate of drug-likeness (QED) is 0.841. The molecule has 1 unspecified atom stereocenters. The van der Waals surface area contributed by atoms with Crippen LogP contribution in [-0.4, -0.2) is 16.7 Å². The van der Waals surface area contributed by atoms with Crippen molar-refractivity contribution in [1.29, 1.82) is 5.26 Å². The fourth-order valence-corrected chi connectivity index (χ4v) is 2.32. The van der Waals surface area contributed by atoms with Crippen molar-refractivity contribution in [1.82, 2.24) is 10.1 Å². The Labute approximate surface area is 115 Å². The fraction of sp³-hybridized carbons (Fsp3) is 0.357. The molecular weight excluding hydrogens is 261 g/mol. The molecule has 102 valence electrons. The number of nitrogens with zero attached hydrogens (tertiary/aromatic N) is 3. The summed E-state index contributed by atoms with van der Waals surface area (Å²) in [7, 11) is 0. The summed E-state index contributed by atoms with van der Waals surface area (Å²) in [6.45, 7) is 2.55. The average Bonchev–Trinajstić information content (AvgIpc) is 3.08. The van der Waals surface area contributed by atoms with Crippen molar-refractivity contribution in [3.05, 3.63) is 35.4 Å². The van der Waals surface area contributed by atoms with Crippen LogP contribution in [0.2, 0.25) is 0 Å². The molecule has 0 saturated carbocycles. The average molecular weight is 273 g/mol. The van der Waals surface area contributed by atoms with Gasteiger partial charge >= 0.3 is 0 Å². The molecule has 1 aliphatic rings. The summed E-state index contributed by atoms with van der Waals surface area (Å²) in [5, 5.41) is 12.9. The van der Waals surface area contributed by atoms with Gasteiger partial charge in [0.1, 0.15) is 23.1 Å². The van der Waals surface area contributed by atoms with Crippen molar-refractivity contribution in [2.45, 2.75) is 25.4 Å². The van der Waals surface area contributed by atoms with Gasteiger partial charge in [-0.25, -0.2) is 4.39 Å². The zero-order valence-electron chi connectivity index (χ0n) is 10.9. The van der Waals surface area contributed by atoms with Gasteiger partial charge in [0, 0.05) is 6.61 Å². The first-order chi connectivity index (χ1) is 9.64. The molecule has 0 aliphatic carbocycles. The van der Waals surface area contributed by atoms with Crippen LogP contribution in [0, 0.1) is 17.1 Å². The van der Waals surface area contributed by atoms with Crippen LogP contribution in [0.4, 0.5) is 4.39 Å². The number of ether oxygens (including phenoxy) is 1. The monoisotopic (exact) mass is 273 g/mol. The van der Waals surface area contributed by atoms with Gasteiger partial charge in [-0.3, -0.25) is 0 Å². The number of rotatable bonds is 2. The van der Waals surface area contributed by atoms with Crippen molar-refractivity contribution >= 4 is 0 Å². The van der Waals surface area contributed by atoms with Gasteiger partial charge in [-0.2, -0.15) is 10.2 Å². The van der Waals surface area contributed by atoms with Gasteiger partial charge in [0.05, 0.1) is 5.56 Å². The van der Waals surface area contributed by atoms with E-state index in [1.807, 2.05) is 13.0 Å². The lowest BCUT2D eigenvalue weighted by Crippen LogP contribution is -2.21. The predicted octanol–water partition coefficient (Wildman–Crippen LogP) is 2.77. The summed E-state index contributed by atoms with van der Waals surface area (Å²) < 4.78 is 24.4. The third kappa shape index (κ3) is 1.96. The molecule has 20 heavy (non-hydrogen) atoms. The SMILES string of the molecule is CC1(c2noc(-c3cccc(F)c3C#N)n2)CCCO1. The van der Waals surface area contributed by atoms with Crippen molar-refractivity contribution in [2.24, 2.45) is 0 Å². The number of benzene rings is 1. The van der Waals surface area contributed by atoms with E-state index in [9.17, 15) is 4.39 Å². The molecule has 1 fully saturated rings. The van der Waals surface area contributed by atoms with Gasteiger partial charge in [-0.1, -0.05) is 11.2 Å². The zero-order valence-corrected chi connectivity index (χ0v) is 10.9. The van der Waals surface area contributed by atoms with Crippen LogP contribution >= 0.6 is 0 Å². The summed E-state index contributed by atoms with van der Waals surface area (Å²) in [5.41, 5.74) is -0.366. The van der Waals surface area contributed by atoms with E-state index in [0.717, 1.165) is 12.8 Å². The van der Waals surface area contributed by atoms with Crippen LogP contribution in [0.5, 0.6) is 0 Å². The Morgan fingerprint density at radius 2 is 2.30 bits per heavy atom. The summed E-state index contributed by atoms with van der Waals surface area (Å²) in [6.07, 6.45) is 1.74. The van der Waals surface area contributed by atoms with Crippen molar-refractivity contribution in [3.63, 3.8) is 0 Å². The molecule has 0 spiro atoms. The molecule has 6 heteroatoms. The minimum atomic E-state index is -0.604. The molecule has 2 heterocycles. The lowest BCUT2D eigenvalue weighted by molar-refractivity contribution is 0.00768. The molecule has 0 radical (unpaired) electrons. The molecule has 3 rings (SSSR count). The minimum absolute atomic E-state index is 0.0970. The maximum absolute atomic E-state index is 13.6. The molecule has 1 aliphatic heterocycles. The van der Waals surface area contributed by atoms with Crippen LogP contribution in [-0.2, 0) is 10.3 Å². The van der Waals surface area contributed by atoms with Crippen LogP contribution < -0.4 is 0 Å². The minimum Gasteiger partial charge on any atom is -0.367 e. The summed E-state index contributed by atoms with van der Waals surface area (Å²) in [5.74, 6) is -0.0426. The Hall–Kier alpha value is -2.26. The normalized spacial score (nSPS) is 21.9. The van der Waals surface area contributed by atoms with E-state index in [1.165, 1.54) is 12.1 Å². The van der Waals surface area contributed by atoms with Crippen LogP contribution in [0.1, 0.15) is 31.2 Å². The Morgan fingerprint density at radius 3 is 3.00 bits per heavy atom. The molecule has 2 aromatic rings. The molecule has 1 saturated heterocycles. The summed E-state index contributed by atoms with van der Waals surface area (Å²) in [4.78, 5) is 4.26. The number of halogens is 1. The number of aromatic nitrogens is 2. The van der Waals surface area contributed by atoms with E-state index in [0.29, 0.717) is 18.0 Å². The Balaban J connectivity index is 2.03. The topological polar surface area (TPSA) is 71.9 Å². The zero-order chi connectivity index (χ0) is 14.2. The molecule has 1 aromatic heterocycles. The third-order valence-corrected chi connectivity index (χ3v) is 3.47. The second-order valence-electron chi connectivity index (χ2n) is 4.88.